The van der Waals surface area contributed by atoms with E-state index in [1.54, 1.807) is 0 Å². The van der Waals surface area contributed by atoms with Crippen LogP contribution in [0.25, 0.3) is 0 Å². The first-order valence-corrected chi connectivity index (χ1v) is 4.33. The van der Waals surface area contributed by atoms with Crippen LogP contribution in [0.4, 0.5) is 5.69 Å². The molecule has 0 aromatic heterocycles. The van der Waals surface area contributed by atoms with Crippen LogP contribution in [0.2, 0.25) is 0 Å². The zero-order valence-corrected chi connectivity index (χ0v) is 7.76. The van der Waals surface area contributed by atoms with E-state index in [4.69, 9.17) is 5.73 Å². The number of carbonyl (C=O) groups excluding carboxylic acids is 1. The minimum Gasteiger partial charge on any atom is -0.324 e. The lowest BCUT2D eigenvalue weighted by Crippen LogP contribution is -2.19. The summed E-state index contributed by atoms with van der Waals surface area (Å²) in [6.45, 7) is 0. The molecular formula is C8H7BrN2O. The number of carbonyl (C=O) groups is 1. The lowest BCUT2D eigenvalue weighted by molar-refractivity contribution is -0.116. The summed E-state index contributed by atoms with van der Waals surface area (Å²) in [4.78, 5) is 11.1. The van der Waals surface area contributed by atoms with Crippen LogP contribution in [0.15, 0.2) is 22.7 Å². The Labute approximate surface area is 78.1 Å². The summed E-state index contributed by atoms with van der Waals surface area (Å²) in [7, 11) is 0. The van der Waals surface area contributed by atoms with Crippen LogP contribution in [0.3, 0.4) is 0 Å². The van der Waals surface area contributed by atoms with Crippen LogP contribution in [-0.2, 0) is 4.79 Å². The van der Waals surface area contributed by atoms with Gasteiger partial charge in [-0.15, -0.1) is 0 Å². The summed E-state index contributed by atoms with van der Waals surface area (Å²) in [5.74, 6) is -0.136. The van der Waals surface area contributed by atoms with Crippen LogP contribution >= 0.6 is 15.9 Å². The maximum Gasteiger partial charge on any atom is 0.245 e. The smallest absolute Gasteiger partial charge is 0.245 e. The van der Waals surface area contributed by atoms with Crippen LogP contribution < -0.4 is 11.1 Å². The van der Waals surface area contributed by atoms with Crippen LogP contribution in [0.5, 0.6) is 0 Å². The van der Waals surface area contributed by atoms with Crippen molar-refractivity contribution in [1.82, 2.24) is 0 Å². The predicted octanol–water partition coefficient (Wildman–Crippen LogP) is 1.40. The summed E-state index contributed by atoms with van der Waals surface area (Å²) in [5, 5.41) is 2.69. The first kappa shape index (κ1) is 7.76. The van der Waals surface area contributed by atoms with E-state index < -0.39 is 6.04 Å². The standard InChI is InChI=1S/C8H7BrN2O/c9-4-1-2-5-6(3-4)11-8(12)7(5)10/h1-3,7H,10H2,(H,11,12). The molecule has 0 fully saturated rings. The molecule has 0 spiro atoms. The molecule has 1 aromatic carbocycles. The van der Waals surface area contributed by atoms with Gasteiger partial charge in [-0.2, -0.15) is 0 Å². The van der Waals surface area contributed by atoms with E-state index in [-0.39, 0.29) is 5.91 Å². The molecule has 0 saturated carbocycles. The van der Waals surface area contributed by atoms with E-state index in [9.17, 15) is 4.79 Å². The first-order valence-electron chi connectivity index (χ1n) is 3.54. The Bertz CT molecular complexity index is 351. The second-order valence-corrected chi connectivity index (χ2v) is 3.61. The largest absolute Gasteiger partial charge is 0.324 e. The van der Waals surface area contributed by atoms with Gasteiger partial charge in [0.15, 0.2) is 0 Å². The molecule has 0 saturated heterocycles. The van der Waals surface area contributed by atoms with Gasteiger partial charge in [0.25, 0.3) is 0 Å². The van der Waals surface area contributed by atoms with Crippen molar-refractivity contribution in [2.45, 2.75) is 6.04 Å². The molecule has 1 unspecified atom stereocenters. The highest BCUT2D eigenvalue weighted by Gasteiger charge is 2.26. The number of fused-ring (bicyclic) bond motifs is 1. The molecule has 1 amide bonds. The van der Waals surface area contributed by atoms with Crippen molar-refractivity contribution in [3.8, 4) is 0 Å². The second kappa shape index (κ2) is 2.57. The van der Waals surface area contributed by atoms with Crippen molar-refractivity contribution >= 4 is 27.5 Å². The van der Waals surface area contributed by atoms with Crippen molar-refractivity contribution < 1.29 is 4.79 Å². The van der Waals surface area contributed by atoms with Gasteiger partial charge in [-0.05, 0) is 12.1 Å². The minimum atomic E-state index is -0.506. The molecule has 3 nitrogen and oxygen atoms in total. The Hall–Kier alpha value is -0.870. The average Bonchev–Trinajstić information content (AvgIpc) is 2.28. The quantitative estimate of drug-likeness (QED) is 0.703. The summed E-state index contributed by atoms with van der Waals surface area (Å²) in [6, 6.07) is 5.06. The fourth-order valence-electron chi connectivity index (χ4n) is 1.26. The predicted molar refractivity (Wildman–Crippen MR) is 49.7 cm³/mol. The van der Waals surface area contributed by atoms with E-state index in [1.165, 1.54) is 0 Å². The SMILES string of the molecule is NC1C(=O)Nc2cc(Br)ccc21. The fourth-order valence-corrected chi connectivity index (χ4v) is 1.62. The molecule has 0 radical (unpaired) electrons. The number of halogens is 1. The molecule has 1 aliphatic rings. The molecule has 2 rings (SSSR count). The van der Waals surface area contributed by atoms with Gasteiger partial charge in [0.05, 0.1) is 0 Å². The molecule has 12 heavy (non-hydrogen) atoms. The van der Waals surface area contributed by atoms with Gasteiger partial charge in [0.2, 0.25) is 5.91 Å². The van der Waals surface area contributed by atoms with Crippen LogP contribution in [0.1, 0.15) is 11.6 Å². The van der Waals surface area contributed by atoms with E-state index in [2.05, 4.69) is 21.2 Å². The van der Waals surface area contributed by atoms with Gasteiger partial charge in [0.1, 0.15) is 6.04 Å². The van der Waals surface area contributed by atoms with Crippen molar-refractivity contribution in [2.24, 2.45) is 5.73 Å². The molecule has 1 atom stereocenters. The first-order chi connectivity index (χ1) is 5.68. The number of hydrogen-bond donors (Lipinski definition) is 2. The zero-order chi connectivity index (χ0) is 8.72. The van der Waals surface area contributed by atoms with Gasteiger partial charge < -0.3 is 11.1 Å². The number of anilines is 1. The van der Waals surface area contributed by atoms with Crippen molar-refractivity contribution in [2.75, 3.05) is 5.32 Å². The topological polar surface area (TPSA) is 55.1 Å². The summed E-state index contributed by atoms with van der Waals surface area (Å²) in [5.41, 5.74) is 7.28. The summed E-state index contributed by atoms with van der Waals surface area (Å²) >= 11 is 3.31. The Balaban J connectivity index is 2.54. The summed E-state index contributed by atoms with van der Waals surface area (Å²) < 4.78 is 0.940. The number of hydrogen-bond acceptors (Lipinski definition) is 2. The number of nitrogens with one attached hydrogen (secondary N) is 1. The number of benzene rings is 1. The van der Waals surface area contributed by atoms with Crippen LogP contribution in [0, 0.1) is 0 Å². The van der Waals surface area contributed by atoms with Gasteiger partial charge in [0, 0.05) is 15.7 Å². The van der Waals surface area contributed by atoms with Crippen LogP contribution in [-0.4, -0.2) is 5.91 Å². The average molecular weight is 227 g/mol. The fraction of sp³-hybridized carbons (Fsp3) is 0.125. The Kier molecular flexibility index (Phi) is 1.66. The summed E-state index contributed by atoms with van der Waals surface area (Å²) in [6.07, 6.45) is 0. The molecule has 1 heterocycles. The van der Waals surface area contributed by atoms with Crippen molar-refractivity contribution in [3.63, 3.8) is 0 Å². The number of nitrogens with two attached hydrogens (primary N) is 1. The molecular weight excluding hydrogens is 220 g/mol. The van der Waals surface area contributed by atoms with E-state index in [0.717, 1.165) is 15.7 Å². The Morgan fingerprint density at radius 1 is 1.50 bits per heavy atom. The Morgan fingerprint density at radius 2 is 2.25 bits per heavy atom. The molecule has 62 valence electrons. The van der Waals surface area contributed by atoms with E-state index in [0.29, 0.717) is 0 Å². The number of amides is 1. The lowest BCUT2D eigenvalue weighted by Gasteiger charge is -1.99. The van der Waals surface area contributed by atoms with E-state index in [1.807, 2.05) is 18.2 Å². The molecule has 1 aliphatic heterocycles. The highest BCUT2D eigenvalue weighted by molar-refractivity contribution is 9.10. The number of rotatable bonds is 0. The maximum absolute atomic E-state index is 11.1. The monoisotopic (exact) mass is 226 g/mol. The second-order valence-electron chi connectivity index (χ2n) is 2.70. The molecule has 4 heteroatoms. The van der Waals surface area contributed by atoms with E-state index >= 15 is 0 Å². The van der Waals surface area contributed by atoms with Crippen molar-refractivity contribution in [1.29, 1.82) is 0 Å². The third kappa shape index (κ3) is 1.04. The highest BCUT2D eigenvalue weighted by Crippen LogP contribution is 2.31. The van der Waals surface area contributed by atoms with Gasteiger partial charge >= 0.3 is 0 Å². The highest BCUT2D eigenvalue weighted by atomic mass is 79.9. The molecule has 3 N–H and O–H groups in total. The maximum atomic E-state index is 11.1. The third-order valence-corrected chi connectivity index (χ3v) is 2.38. The lowest BCUT2D eigenvalue weighted by atomic mass is 10.1. The van der Waals surface area contributed by atoms with Gasteiger partial charge in [-0.1, -0.05) is 22.0 Å². The zero-order valence-electron chi connectivity index (χ0n) is 6.17. The minimum absolute atomic E-state index is 0.136. The molecule has 0 aliphatic carbocycles. The van der Waals surface area contributed by atoms with Gasteiger partial charge in [-0.3, -0.25) is 4.79 Å². The molecule has 0 bridgehead atoms. The van der Waals surface area contributed by atoms with Crippen molar-refractivity contribution in [3.05, 3.63) is 28.2 Å². The third-order valence-electron chi connectivity index (χ3n) is 1.89. The molecule has 1 aromatic rings. The Morgan fingerprint density at radius 3 is 3.00 bits per heavy atom. The van der Waals surface area contributed by atoms with Gasteiger partial charge in [-0.25, -0.2) is 0 Å². The normalized spacial score (nSPS) is 20.5.